The third kappa shape index (κ3) is 5.53. The number of rotatable bonds is 7. The quantitative estimate of drug-likeness (QED) is 0.187. The van der Waals surface area contributed by atoms with Gasteiger partial charge in [0.25, 0.3) is 0 Å². The molecule has 0 N–H and O–H groups in total. The Labute approximate surface area is 252 Å². The zero-order valence-corrected chi connectivity index (χ0v) is 24.4. The Bertz CT molecular complexity index is 2030. The first-order valence-corrected chi connectivity index (χ1v) is 14.9. The first kappa shape index (κ1) is 27.0. The largest absolute Gasteiger partial charge is 0.432 e. The van der Waals surface area contributed by atoms with Crippen LogP contribution in [0.25, 0.3) is 39.9 Å². The summed E-state index contributed by atoms with van der Waals surface area (Å²) < 4.78 is 22.3. The lowest BCUT2D eigenvalue weighted by molar-refractivity contribution is 0.581. The highest BCUT2D eigenvalue weighted by atomic mass is 32.2. The maximum Gasteiger partial charge on any atom is 0.353 e. The standard InChI is InChI=1S/C35H27FN4O2S/c1-21-18-29(37-31(19-21)43-30-11-7-6-10-26(30)23-8-4-3-5-9-23)34-39-33(32(42-34)25-13-12-22(2)27(36)20-25)40-17-16-28(24-14-15-24)38-35(40)41/h3-13,16-20,24H,14-15H2,1-2H3. The number of hydrogen-bond acceptors (Lipinski definition) is 6. The summed E-state index contributed by atoms with van der Waals surface area (Å²) in [6, 6.07) is 29.0. The molecule has 3 aromatic carbocycles. The lowest BCUT2D eigenvalue weighted by atomic mass is 10.1. The lowest BCUT2D eigenvalue weighted by Crippen LogP contribution is -2.22. The molecule has 6 aromatic rings. The van der Waals surface area contributed by atoms with Crippen LogP contribution in [0.1, 0.15) is 35.6 Å². The highest BCUT2D eigenvalue weighted by molar-refractivity contribution is 7.99. The summed E-state index contributed by atoms with van der Waals surface area (Å²) in [6.07, 6.45) is 3.74. The van der Waals surface area contributed by atoms with Crippen LogP contribution >= 0.6 is 11.8 Å². The van der Waals surface area contributed by atoms with Crippen molar-refractivity contribution >= 4 is 11.8 Å². The van der Waals surface area contributed by atoms with Gasteiger partial charge in [0, 0.05) is 22.6 Å². The van der Waals surface area contributed by atoms with Gasteiger partial charge in [0.2, 0.25) is 5.89 Å². The van der Waals surface area contributed by atoms with E-state index in [1.807, 2.05) is 55.5 Å². The summed E-state index contributed by atoms with van der Waals surface area (Å²) in [7, 11) is 0. The van der Waals surface area contributed by atoms with Gasteiger partial charge < -0.3 is 4.42 Å². The Morgan fingerprint density at radius 3 is 2.42 bits per heavy atom. The average Bonchev–Trinajstić information content (AvgIpc) is 3.77. The molecule has 6 nitrogen and oxygen atoms in total. The average molecular weight is 587 g/mol. The number of pyridine rings is 1. The van der Waals surface area contributed by atoms with Gasteiger partial charge in [-0.1, -0.05) is 72.4 Å². The van der Waals surface area contributed by atoms with Crippen LogP contribution in [0.4, 0.5) is 4.39 Å². The topological polar surface area (TPSA) is 73.8 Å². The van der Waals surface area contributed by atoms with Gasteiger partial charge in [0.15, 0.2) is 11.6 Å². The normalized spacial score (nSPS) is 12.9. The highest BCUT2D eigenvalue weighted by Crippen LogP contribution is 2.39. The Hall–Kier alpha value is -4.82. The molecule has 0 unspecified atom stereocenters. The van der Waals surface area contributed by atoms with Crippen molar-refractivity contribution in [3.8, 4) is 39.9 Å². The molecule has 0 aliphatic heterocycles. The predicted molar refractivity (Wildman–Crippen MR) is 166 cm³/mol. The Kier molecular flexibility index (Phi) is 6.99. The number of hydrogen-bond donors (Lipinski definition) is 0. The van der Waals surface area contributed by atoms with Crippen LogP contribution in [0, 0.1) is 19.7 Å². The van der Waals surface area contributed by atoms with Gasteiger partial charge in [-0.2, -0.15) is 9.97 Å². The summed E-state index contributed by atoms with van der Waals surface area (Å²) in [5.41, 5.74) is 5.02. The zero-order chi connectivity index (χ0) is 29.5. The second-order valence-corrected chi connectivity index (χ2v) is 11.8. The monoisotopic (exact) mass is 586 g/mol. The van der Waals surface area contributed by atoms with E-state index in [0.29, 0.717) is 22.7 Å². The molecule has 1 saturated carbocycles. The maximum absolute atomic E-state index is 14.7. The van der Waals surface area contributed by atoms with E-state index in [4.69, 9.17) is 14.4 Å². The molecule has 43 heavy (non-hydrogen) atoms. The summed E-state index contributed by atoms with van der Waals surface area (Å²) in [5.74, 6) is 0.695. The van der Waals surface area contributed by atoms with Crippen molar-refractivity contribution in [3.63, 3.8) is 0 Å². The van der Waals surface area contributed by atoms with E-state index < -0.39 is 5.69 Å². The Morgan fingerprint density at radius 2 is 1.65 bits per heavy atom. The van der Waals surface area contributed by atoms with Gasteiger partial charge in [-0.25, -0.2) is 18.7 Å². The van der Waals surface area contributed by atoms with Gasteiger partial charge in [-0.05, 0) is 79.3 Å². The summed E-state index contributed by atoms with van der Waals surface area (Å²) in [5, 5.41) is 0.772. The van der Waals surface area contributed by atoms with Gasteiger partial charge in [0.1, 0.15) is 16.5 Å². The number of benzene rings is 3. The summed E-state index contributed by atoms with van der Waals surface area (Å²) in [4.78, 5) is 28.2. The zero-order valence-electron chi connectivity index (χ0n) is 23.6. The lowest BCUT2D eigenvalue weighted by Gasteiger charge is -2.10. The minimum absolute atomic E-state index is 0.228. The second kappa shape index (κ2) is 11.1. The SMILES string of the molecule is Cc1cc(Sc2ccccc2-c2ccccc2)nc(-c2nc(-n3ccc(C4CC4)nc3=O)c(-c3ccc(C)c(F)c3)o2)c1. The van der Waals surface area contributed by atoms with E-state index in [1.54, 1.807) is 37.0 Å². The smallest absolute Gasteiger partial charge is 0.353 e. The van der Waals surface area contributed by atoms with E-state index >= 15 is 0 Å². The minimum Gasteiger partial charge on any atom is -0.432 e. The van der Waals surface area contributed by atoms with Crippen molar-refractivity contribution in [2.45, 2.75) is 42.5 Å². The predicted octanol–water partition coefficient (Wildman–Crippen LogP) is 8.40. The fraction of sp³-hybridized carbons (Fsp3) is 0.143. The number of nitrogens with zero attached hydrogens (tertiary/aromatic N) is 4. The molecule has 8 heteroatoms. The Morgan fingerprint density at radius 1 is 0.860 bits per heavy atom. The first-order valence-electron chi connectivity index (χ1n) is 14.1. The third-order valence-corrected chi connectivity index (χ3v) is 8.44. The molecule has 0 atom stereocenters. The van der Waals surface area contributed by atoms with E-state index in [2.05, 4.69) is 29.2 Å². The van der Waals surface area contributed by atoms with Crippen molar-refractivity contribution in [2.75, 3.05) is 0 Å². The molecule has 0 spiro atoms. The van der Waals surface area contributed by atoms with Gasteiger partial charge in [-0.15, -0.1) is 0 Å². The number of oxazole rings is 1. The molecular formula is C35H27FN4O2S. The molecule has 0 radical (unpaired) electrons. The molecule has 1 fully saturated rings. The molecular weight excluding hydrogens is 559 g/mol. The maximum atomic E-state index is 14.7. The van der Waals surface area contributed by atoms with Crippen molar-refractivity contribution in [1.82, 2.24) is 19.5 Å². The van der Waals surface area contributed by atoms with E-state index in [-0.39, 0.29) is 23.3 Å². The molecule has 3 heterocycles. The van der Waals surface area contributed by atoms with Crippen molar-refractivity contribution < 1.29 is 8.81 Å². The molecule has 0 amide bonds. The van der Waals surface area contributed by atoms with Crippen LogP contribution in [-0.2, 0) is 0 Å². The minimum atomic E-state index is -0.455. The van der Waals surface area contributed by atoms with Gasteiger partial charge >= 0.3 is 5.69 Å². The molecule has 3 aromatic heterocycles. The highest BCUT2D eigenvalue weighted by Gasteiger charge is 2.27. The van der Waals surface area contributed by atoms with Gasteiger partial charge in [-0.3, -0.25) is 0 Å². The van der Waals surface area contributed by atoms with E-state index in [0.717, 1.165) is 45.1 Å². The van der Waals surface area contributed by atoms with Gasteiger partial charge in [0.05, 0.1) is 5.69 Å². The van der Waals surface area contributed by atoms with E-state index in [1.165, 1.54) is 10.6 Å². The molecule has 1 aliphatic carbocycles. The second-order valence-electron chi connectivity index (χ2n) is 10.7. The van der Waals surface area contributed by atoms with Crippen LogP contribution in [-0.4, -0.2) is 19.5 Å². The van der Waals surface area contributed by atoms with Crippen LogP contribution in [0.2, 0.25) is 0 Å². The molecule has 0 bridgehead atoms. The fourth-order valence-electron chi connectivity index (χ4n) is 5.01. The van der Waals surface area contributed by atoms with Crippen LogP contribution in [0.3, 0.4) is 0 Å². The number of aromatic nitrogens is 4. The summed E-state index contributed by atoms with van der Waals surface area (Å²) in [6.45, 7) is 3.69. The molecule has 212 valence electrons. The molecule has 1 aliphatic rings. The molecule has 7 rings (SSSR count). The van der Waals surface area contributed by atoms with Crippen molar-refractivity contribution in [3.05, 3.63) is 130 Å². The number of halogens is 1. The van der Waals surface area contributed by atoms with Crippen molar-refractivity contribution in [2.24, 2.45) is 0 Å². The van der Waals surface area contributed by atoms with Crippen LogP contribution in [0.5, 0.6) is 0 Å². The van der Waals surface area contributed by atoms with Crippen molar-refractivity contribution in [1.29, 1.82) is 0 Å². The Balaban J connectivity index is 1.32. The van der Waals surface area contributed by atoms with Crippen LogP contribution in [0.15, 0.2) is 116 Å². The third-order valence-electron chi connectivity index (χ3n) is 7.44. The first-order chi connectivity index (χ1) is 20.9. The number of aryl methyl sites for hydroxylation is 2. The summed E-state index contributed by atoms with van der Waals surface area (Å²) >= 11 is 1.56. The van der Waals surface area contributed by atoms with Crippen LogP contribution < -0.4 is 5.69 Å². The molecule has 0 saturated heterocycles. The van der Waals surface area contributed by atoms with E-state index in [9.17, 15) is 9.18 Å². The fourth-order valence-corrected chi connectivity index (χ4v) is 6.07.